The van der Waals surface area contributed by atoms with Gasteiger partial charge < -0.3 is 14.9 Å². The van der Waals surface area contributed by atoms with Gasteiger partial charge in [-0.15, -0.1) is 0 Å². The molecule has 2 fully saturated rings. The molecule has 1 unspecified atom stereocenters. The molecule has 3 heterocycles. The van der Waals surface area contributed by atoms with Crippen LogP contribution in [0.5, 0.6) is 0 Å². The molecule has 0 aromatic carbocycles. The fraction of sp³-hybridized carbons (Fsp3) is 0.762. The highest BCUT2D eigenvalue weighted by molar-refractivity contribution is 5.81. The van der Waals surface area contributed by atoms with Crippen LogP contribution in [-0.4, -0.2) is 52.1 Å². The molecule has 0 spiro atoms. The molecule has 1 atom stereocenters. The van der Waals surface area contributed by atoms with Gasteiger partial charge in [0.05, 0.1) is 18.8 Å². The van der Waals surface area contributed by atoms with Crippen molar-refractivity contribution in [1.29, 1.82) is 0 Å². The van der Waals surface area contributed by atoms with Crippen molar-refractivity contribution in [3.8, 4) is 0 Å². The molecule has 27 heavy (non-hydrogen) atoms. The molecule has 6 nitrogen and oxygen atoms in total. The van der Waals surface area contributed by atoms with E-state index in [1.807, 2.05) is 4.90 Å². The molecule has 2 aliphatic heterocycles. The number of rotatable bonds is 5. The van der Waals surface area contributed by atoms with Crippen LogP contribution in [0.3, 0.4) is 0 Å². The van der Waals surface area contributed by atoms with Crippen LogP contribution in [0.25, 0.3) is 0 Å². The van der Waals surface area contributed by atoms with E-state index < -0.39 is 0 Å². The third-order valence-electron chi connectivity index (χ3n) is 6.36. The third kappa shape index (κ3) is 3.82. The highest BCUT2D eigenvalue weighted by Crippen LogP contribution is 2.39. The minimum Gasteiger partial charge on any atom is -0.396 e. The molecule has 1 amide bonds. The fourth-order valence-electron chi connectivity index (χ4n) is 5.00. The Morgan fingerprint density at radius 1 is 1.33 bits per heavy atom. The van der Waals surface area contributed by atoms with Crippen molar-refractivity contribution in [2.75, 3.05) is 31.1 Å². The maximum atomic E-state index is 12.4. The molecule has 1 aromatic rings. The largest absolute Gasteiger partial charge is 0.396 e. The Labute approximate surface area is 162 Å². The first-order chi connectivity index (χ1) is 13.0. The van der Waals surface area contributed by atoms with Gasteiger partial charge in [0.1, 0.15) is 12.1 Å². The van der Waals surface area contributed by atoms with Crippen molar-refractivity contribution in [2.45, 2.75) is 58.9 Å². The first kappa shape index (κ1) is 18.7. The van der Waals surface area contributed by atoms with Gasteiger partial charge in [0.15, 0.2) is 0 Å². The van der Waals surface area contributed by atoms with E-state index in [0.717, 1.165) is 69.7 Å². The minimum absolute atomic E-state index is 0.0348. The zero-order chi connectivity index (χ0) is 19.0. The molecule has 148 valence electrons. The molecule has 1 aliphatic carbocycles. The summed E-state index contributed by atoms with van der Waals surface area (Å²) in [5.41, 5.74) is 2.17. The summed E-state index contributed by atoms with van der Waals surface area (Å²) in [4.78, 5) is 25.9. The summed E-state index contributed by atoms with van der Waals surface area (Å²) in [6, 6.07) is 0. The number of fused-ring (bicyclic) bond motifs is 1. The Kier molecular flexibility index (Phi) is 5.10. The van der Waals surface area contributed by atoms with Crippen LogP contribution in [0.4, 0.5) is 5.82 Å². The molecule has 1 aromatic heterocycles. The number of carbonyl (C=O) groups excluding carboxylic acids is 1. The first-order valence-corrected chi connectivity index (χ1v) is 10.5. The molecule has 0 radical (unpaired) electrons. The van der Waals surface area contributed by atoms with Crippen molar-refractivity contribution in [3.63, 3.8) is 0 Å². The van der Waals surface area contributed by atoms with Crippen LogP contribution in [0.2, 0.25) is 0 Å². The third-order valence-corrected chi connectivity index (χ3v) is 6.36. The molecule has 0 bridgehead atoms. The summed E-state index contributed by atoms with van der Waals surface area (Å²) in [5, 5.41) is 10.1. The van der Waals surface area contributed by atoms with Crippen molar-refractivity contribution in [2.24, 2.45) is 17.3 Å². The number of aromatic nitrogens is 2. The maximum absolute atomic E-state index is 12.4. The fourth-order valence-corrected chi connectivity index (χ4v) is 5.00. The van der Waals surface area contributed by atoms with Gasteiger partial charge in [0, 0.05) is 36.5 Å². The van der Waals surface area contributed by atoms with E-state index in [4.69, 9.17) is 0 Å². The number of anilines is 1. The van der Waals surface area contributed by atoms with Crippen LogP contribution in [0, 0.1) is 17.3 Å². The van der Waals surface area contributed by atoms with Crippen LogP contribution in [0.1, 0.15) is 57.2 Å². The molecule has 1 saturated heterocycles. The summed E-state index contributed by atoms with van der Waals surface area (Å²) >= 11 is 0. The van der Waals surface area contributed by atoms with E-state index in [1.165, 1.54) is 5.56 Å². The van der Waals surface area contributed by atoms with Crippen LogP contribution in [-0.2, 0) is 17.8 Å². The Bertz CT molecular complexity index is 703. The number of carbonyl (C=O) groups is 1. The molecule has 1 saturated carbocycles. The van der Waals surface area contributed by atoms with E-state index in [2.05, 4.69) is 28.7 Å². The number of nitrogens with zero attached hydrogens (tertiary/aromatic N) is 4. The number of aliphatic hydroxyl groups is 1. The molecule has 6 heteroatoms. The quantitative estimate of drug-likeness (QED) is 0.859. The van der Waals surface area contributed by atoms with Crippen LogP contribution >= 0.6 is 0 Å². The zero-order valence-electron chi connectivity index (χ0n) is 16.7. The number of aliphatic hydroxyl groups excluding tert-OH is 1. The SMILES string of the molecule is CC(C)CC1(CO)CCCN(c2ncnc3c2CCN(C(=O)C2CC2)C3)C1. The second-order valence-corrected chi connectivity index (χ2v) is 9.19. The van der Waals surface area contributed by atoms with Gasteiger partial charge in [-0.25, -0.2) is 9.97 Å². The molecule has 3 aliphatic rings. The number of hydrogen-bond donors (Lipinski definition) is 1. The predicted molar refractivity (Wildman–Crippen MR) is 104 cm³/mol. The smallest absolute Gasteiger partial charge is 0.226 e. The minimum atomic E-state index is -0.0348. The summed E-state index contributed by atoms with van der Waals surface area (Å²) in [7, 11) is 0. The number of hydrogen-bond acceptors (Lipinski definition) is 5. The summed E-state index contributed by atoms with van der Waals surface area (Å²) in [6.07, 6.45) is 7.77. The summed E-state index contributed by atoms with van der Waals surface area (Å²) in [6.45, 7) is 7.92. The molecule has 1 N–H and O–H groups in total. The second kappa shape index (κ2) is 7.38. The highest BCUT2D eigenvalue weighted by atomic mass is 16.3. The second-order valence-electron chi connectivity index (χ2n) is 9.19. The van der Waals surface area contributed by atoms with E-state index >= 15 is 0 Å². The normalized spacial score (nSPS) is 25.6. The lowest BCUT2D eigenvalue weighted by atomic mass is 9.74. The van der Waals surface area contributed by atoms with Crippen molar-refractivity contribution in [3.05, 3.63) is 17.6 Å². The van der Waals surface area contributed by atoms with Crippen molar-refractivity contribution in [1.82, 2.24) is 14.9 Å². The number of amides is 1. The molecule has 4 rings (SSSR count). The Hall–Kier alpha value is -1.69. The van der Waals surface area contributed by atoms with Gasteiger partial charge in [-0.05, 0) is 44.4 Å². The Morgan fingerprint density at radius 3 is 2.85 bits per heavy atom. The average Bonchev–Trinajstić information content (AvgIpc) is 3.51. The zero-order valence-corrected chi connectivity index (χ0v) is 16.7. The van der Waals surface area contributed by atoms with E-state index in [1.54, 1.807) is 6.33 Å². The molecular weight excluding hydrogens is 340 g/mol. The Morgan fingerprint density at radius 2 is 2.15 bits per heavy atom. The summed E-state index contributed by atoms with van der Waals surface area (Å²) in [5.74, 6) is 2.16. The van der Waals surface area contributed by atoms with E-state index in [0.29, 0.717) is 18.4 Å². The van der Waals surface area contributed by atoms with Gasteiger partial charge >= 0.3 is 0 Å². The highest BCUT2D eigenvalue weighted by Gasteiger charge is 2.38. The monoisotopic (exact) mass is 372 g/mol. The van der Waals surface area contributed by atoms with Gasteiger partial charge in [-0.3, -0.25) is 4.79 Å². The van der Waals surface area contributed by atoms with Gasteiger partial charge in [0.25, 0.3) is 0 Å². The van der Waals surface area contributed by atoms with Crippen molar-refractivity contribution >= 4 is 11.7 Å². The lowest BCUT2D eigenvalue weighted by Gasteiger charge is -2.44. The van der Waals surface area contributed by atoms with E-state index in [-0.39, 0.29) is 17.9 Å². The first-order valence-electron chi connectivity index (χ1n) is 10.5. The Balaban J connectivity index is 1.54. The van der Waals surface area contributed by atoms with E-state index in [9.17, 15) is 9.90 Å². The van der Waals surface area contributed by atoms with Gasteiger partial charge in [-0.1, -0.05) is 13.8 Å². The standard InChI is InChI=1S/C21H32N4O2/c1-15(2)10-21(13-26)7-3-8-25(12-21)19-17-6-9-24(20(27)16-4-5-16)11-18(17)22-14-23-19/h14-16,26H,3-13H2,1-2H3. The van der Waals surface area contributed by atoms with Crippen LogP contribution < -0.4 is 4.90 Å². The summed E-state index contributed by atoms with van der Waals surface area (Å²) < 4.78 is 0. The number of piperidine rings is 1. The lowest BCUT2D eigenvalue weighted by Crippen LogP contribution is -2.47. The lowest BCUT2D eigenvalue weighted by molar-refractivity contribution is -0.133. The predicted octanol–water partition coefficient (Wildman–Crippen LogP) is 2.40. The van der Waals surface area contributed by atoms with Crippen molar-refractivity contribution < 1.29 is 9.90 Å². The van der Waals surface area contributed by atoms with Crippen LogP contribution in [0.15, 0.2) is 6.33 Å². The molecular formula is C21H32N4O2. The topological polar surface area (TPSA) is 69.6 Å². The van der Waals surface area contributed by atoms with Gasteiger partial charge in [-0.2, -0.15) is 0 Å². The maximum Gasteiger partial charge on any atom is 0.226 e. The average molecular weight is 373 g/mol. The van der Waals surface area contributed by atoms with Gasteiger partial charge in [0.2, 0.25) is 5.91 Å².